The summed E-state index contributed by atoms with van der Waals surface area (Å²) in [5.74, 6) is 1.27. The second-order valence-electron chi connectivity index (χ2n) is 7.47. The Morgan fingerprint density at radius 1 is 1.10 bits per heavy atom. The number of carbonyl (C=O) groups is 1. The lowest BCUT2D eigenvalue weighted by molar-refractivity contribution is -0.121. The molecule has 1 unspecified atom stereocenters. The van der Waals surface area contributed by atoms with Crippen LogP contribution in [0.4, 0.5) is 0 Å². The van der Waals surface area contributed by atoms with E-state index < -0.39 is 0 Å². The third-order valence-corrected chi connectivity index (χ3v) is 5.16. The van der Waals surface area contributed by atoms with Crippen molar-refractivity contribution >= 4 is 22.7 Å². The van der Waals surface area contributed by atoms with E-state index in [2.05, 4.69) is 20.5 Å². The number of hydrogen-bond acceptors (Lipinski definition) is 6. The highest BCUT2D eigenvalue weighted by Gasteiger charge is 2.22. The number of nitrogens with one attached hydrogen (secondary N) is 1. The van der Waals surface area contributed by atoms with Crippen molar-refractivity contribution in [2.45, 2.75) is 20.0 Å². The number of aromatic nitrogens is 2. The van der Waals surface area contributed by atoms with Crippen LogP contribution >= 0.6 is 0 Å². The van der Waals surface area contributed by atoms with Crippen LogP contribution in [0.2, 0.25) is 0 Å². The Hall–Kier alpha value is -4.00. The normalized spacial score (nSPS) is 16.1. The summed E-state index contributed by atoms with van der Waals surface area (Å²) >= 11 is 0. The van der Waals surface area contributed by atoms with Crippen LogP contribution < -0.4 is 10.2 Å². The Morgan fingerprint density at radius 2 is 1.94 bits per heavy atom. The number of oxazole rings is 1. The van der Waals surface area contributed by atoms with Gasteiger partial charge in [-0.1, -0.05) is 19.1 Å². The number of hydrogen-bond donors (Lipinski definition) is 1. The smallest absolute Gasteiger partial charge is 0.240 e. The fourth-order valence-electron chi connectivity index (χ4n) is 3.54. The molecule has 2 aromatic carbocycles. The molecule has 0 saturated heterocycles. The molecule has 0 aliphatic carbocycles. The third-order valence-electron chi connectivity index (χ3n) is 5.16. The number of nitrogens with zero attached hydrogens (tertiary/aromatic N) is 3. The van der Waals surface area contributed by atoms with Gasteiger partial charge in [0.2, 0.25) is 11.8 Å². The van der Waals surface area contributed by atoms with Crippen molar-refractivity contribution < 1.29 is 13.9 Å². The molecule has 1 atom stereocenters. The average molecular weight is 412 g/mol. The van der Waals surface area contributed by atoms with Gasteiger partial charge in [-0.3, -0.25) is 9.78 Å². The highest BCUT2D eigenvalue weighted by atomic mass is 16.5. The van der Waals surface area contributed by atoms with Gasteiger partial charge >= 0.3 is 0 Å². The van der Waals surface area contributed by atoms with E-state index in [1.807, 2.05) is 67.6 Å². The van der Waals surface area contributed by atoms with Gasteiger partial charge in [0, 0.05) is 29.7 Å². The molecule has 2 aromatic heterocycles. The highest BCUT2D eigenvalue weighted by Crippen LogP contribution is 2.28. The minimum Gasteiger partial charge on any atom is -0.487 e. The zero-order chi connectivity index (χ0) is 21.2. The van der Waals surface area contributed by atoms with Gasteiger partial charge in [-0.2, -0.15) is 5.10 Å². The Kier molecular flexibility index (Phi) is 4.92. The van der Waals surface area contributed by atoms with Crippen molar-refractivity contribution in [3.05, 3.63) is 78.1 Å². The number of ether oxygens (including phenoxy) is 1. The van der Waals surface area contributed by atoms with Gasteiger partial charge in [0.05, 0.1) is 11.4 Å². The fraction of sp³-hybridized carbons (Fsp3) is 0.167. The molecule has 0 bridgehead atoms. The van der Waals surface area contributed by atoms with Gasteiger partial charge in [-0.15, -0.1) is 0 Å². The molecule has 31 heavy (non-hydrogen) atoms. The fourth-order valence-corrected chi connectivity index (χ4v) is 3.54. The number of amides is 1. The van der Waals surface area contributed by atoms with Crippen LogP contribution in [-0.2, 0) is 11.4 Å². The van der Waals surface area contributed by atoms with Crippen LogP contribution in [0.1, 0.15) is 24.6 Å². The zero-order valence-corrected chi connectivity index (χ0v) is 16.9. The van der Waals surface area contributed by atoms with E-state index in [1.165, 1.54) is 0 Å². The maximum absolute atomic E-state index is 11.5. The lowest BCUT2D eigenvalue weighted by atomic mass is 9.94. The SMILES string of the molecule is CC1CC(=O)NN=C1c1ccc2nc(-c3ccc(OCc4ccccn4)cc3)oc2c1. The molecule has 5 rings (SSSR count). The van der Waals surface area contributed by atoms with Crippen molar-refractivity contribution in [2.24, 2.45) is 11.0 Å². The lowest BCUT2D eigenvalue weighted by Crippen LogP contribution is -2.31. The van der Waals surface area contributed by atoms with Crippen LogP contribution in [0.3, 0.4) is 0 Å². The van der Waals surface area contributed by atoms with Crippen molar-refractivity contribution in [3.8, 4) is 17.2 Å². The van der Waals surface area contributed by atoms with Crippen molar-refractivity contribution in [2.75, 3.05) is 0 Å². The van der Waals surface area contributed by atoms with Crippen LogP contribution in [-0.4, -0.2) is 21.6 Å². The molecule has 0 spiro atoms. The van der Waals surface area contributed by atoms with Crippen LogP contribution in [0, 0.1) is 5.92 Å². The molecule has 0 saturated carbocycles. The summed E-state index contributed by atoms with van der Waals surface area (Å²) in [7, 11) is 0. The molecule has 154 valence electrons. The monoisotopic (exact) mass is 412 g/mol. The maximum Gasteiger partial charge on any atom is 0.240 e. The molecule has 1 aliphatic heterocycles. The molecule has 7 heteroatoms. The topological polar surface area (TPSA) is 89.6 Å². The van der Waals surface area contributed by atoms with Gasteiger partial charge in [0.25, 0.3) is 0 Å². The van der Waals surface area contributed by atoms with Crippen LogP contribution in [0.5, 0.6) is 5.75 Å². The second-order valence-corrected chi connectivity index (χ2v) is 7.47. The van der Waals surface area contributed by atoms with Gasteiger partial charge in [0.1, 0.15) is 17.9 Å². The van der Waals surface area contributed by atoms with Crippen molar-refractivity contribution in [1.29, 1.82) is 0 Å². The largest absolute Gasteiger partial charge is 0.487 e. The lowest BCUT2D eigenvalue weighted by Gasteiger charge is -2.18. The van der Waals surface area contributed by atoms with Crippen LogP contribution in [0.25, 0.3) is 22.6 Å². The Labute approximate surface area is 178 Å². The molecular weight excluding hydrogens is 392 g/mol. The zero-order valence-electron chi connectivity index (χ0n) is 16.9. The van der Waals surface area contributed by atoms with E-state index >= 15 is 0 Å². The molecule has 0 radical (unpaired) electrons. The van der Waals surface area contributed by atoms with E-state index in [4.69, 9.17) is 9.15 Å². The standard InChI is InChI=1S/C24H20N4O3/c1-15-12-22(29)27-28-23(15)17-7-10-20-21(13-17)31-24(26-20)16-5-8-19(9-6-16)30-14-18-4-2-3-11-25-18/h2-11,13,15H,12,14H2,1H3,(H,27,29). The predicted molar refractivity (Wildman–Crippen MR) is 116 cm³/mol. The third kappa shape index (κ3) is 4.02. The van der Waals surface area contributed by atoms with Gasteiger partial charge in [0.15, 0.2) is 5.58 Å². The number of fused-ring (bicyclic) bond motifs is 1. The minimum absolute atomic E-state index is 0.0484. The average Bonchev–Trinajstić information content (AvgIpc) is 3.22. The summed E-state index contributed by atoms with van der Waals surface area (Å²) < 4.78 is 11.8. The molecule has 7 nitrogen and oxygen atoms in total. The maximum atomic E-state index is 11.5. The first-order valence-electron chi connectivity index (χ1n) is 10.1. The van der Waals surface area contributed by atoms with Gasteiger partial charge < -0.3 is 9.15 Å². The van der Waals surface area contributed by atoms with E-state index in [0.29, 0.717) is 24.5 Å². The first-order chi connectivity index (χ1) is 15.2. The molecule has 1 N–H and O–H groups in total. The minimum atomic E-state index is -0.0632. The Balaban J connectivity index is 1.35. The first kappa shape index (κ1) is 19.0. The predicted octanol–water partition coefficient (Wildman–Crippen LogP) is 4.33. The molecule has 3 heterocycles. The number of carbonyl (C=O) groups excluding carboxylic acids is 1. The van der Waals surface area contributed by atoms with E-state index in [1.54, 1.807) is 6.20 Å². The van der Waals surface area contributed by atoms with Crippen molar-refractivity contribution in [1.82, 2.24) is 15.4 Å². The Bertz CT molecular complexity index is 1260. The number of rotatable bonds is 5. The van der Waals surface area contributed by atoms with E-state index in [0.717, 1.165) is 33.8 Å². The van der Waals surface area contributed by atoms with Crippen molar-refractivity contribution in [3.63, 3.8) is 0 Å². The first-order valence-corrected chi connectivity index (χ1v) is 10.1. The summed E-state index contributed by atoms with van der Waals surface area (Å²) in [5.41, 5.74) is 7.49. The molecule has 1 amide bonds. The van der Waals surface area contributed by atoms with Crippen LogP contribution in [0.15, 0.2) is 76.4 Å². The molecule has 4 aromatic rings. The summed E-state index contributed by atoms with van der Waals surface area (Å²) in [6.07, 6.45) is 2.17. The molecule has 0 fully saturated rings. The van der Waals surface area contributed by atoms with Gasteiger partial charge in [-0.25, -0.2) is 10.4 Å². The summed E-state index contributed by atoms with van der Waals surface area (Å²) in [6.45, 7) is 2.40. The van der Waals surface area contributed by atoms with Gasteiger partial charge in [-0.05, 0) is 48.5 Å². The van der Waals surface area contributed by atoms with E-state index in [9.17, 15) is 4.79 Å². The van der Waals surface area contributed by atoms with E-state index in [-0.39, 0.29) is 11.8 Å². The molecular formula is C24H20N4O3. The number of benzene rings is 2. The number of hydrazone groups is 1. The Morgan fingerprint density at radius 3 is 2.71 bits per heavy atom. The summed E-state index contributed by atoms with van der Waals surface area (Å²) in [5, 5.41) is 4.22. The quantitative estimate of drug-likeness (QED) is 0.527. The summed E-state index contributed by atoms with van der Waals surface area (Å²) in [6, 6.07) is 19.1. The molecule has 1 aliphatic rings. The highest BCUT2D eigenvalue weighted by molar-refractivity contribution is 6.07. The summed E-state index contributed by atoms with van der Waals surface area (Å²) in [4.78, 5) is 20.4. The second kappa shape index (κ2) is 8.02. The number of pyridine rings is 1.